The number of carbonyl (C=O) groups excluding carboxylic acids is 1. The summed E-state index contributed by atoms with van der Waals surface area (Å²) in [5.41, 5.74) is 4.49. The molecular formula is C25H28N2O4S. The number of hydrogen-bond donors (Lipinski definition) is 1. The van der Waals surface area contributed by atoms with E-state index in [0.29, 0.717) is 29.3 Å². The predicted molar refractivity (Wildman–Crippen MR) is 129 cm³/mol. The molecule has 0 unspecified atom stereocenters. The van der Waals surface area contributed by atoms with Crippen molar-refractivity contribution >= 4 is 27.3 Å². The van der Waals surface area contributed by atoms with Gasteiger partial charge in [0.2, 0.25) is 10.0 Å². The summed E-state index contributed by atoms with van der Waals surface area (Å²) in [5, 5.41) is 2.88. The van der Waals surface area contributed by atoms with Crippen LogP contribution in [0.4, 0.5) is 11.4 Å². The number of carbonyl (C=O) groups is 1. The zero-order chi connectivity index (χ0) is 23.3. The third-order valence-electron chi connectivity index (χ3n) is 5.12. The van der Waals surface area contributed by atoms with Crippen molar-refractivity contribution in [3.63, 3.8) is 0 Å². The standard InChI is InChI=1S/C25H28N2O4S/c1-5-31-24-12-7-6-11-23(24)25(28)26-21-10-8-9-20(16-21)17-27(32(4,29)30)22-14-13-18(2)19(3)15-22/h6-16H,5,17H2,1-4H3,(H,26,28). The van der Waals surface area contributed by atoms with Gasteiger partial charge in [-0.1, -0.05) is 30.3 Å². The molecule has 3 rings (SSSR count). The van der Waals surface area contributed by atoms with Crippen LogP contribution in [0.15, 0.2) is 66.7 Å². The molecule has 0 atom stereocenters. The van der Waals surface area contributed by atoms with E-state index in [9.17, 15) is 13.2 Å². The van der Waals surface area contributed by atoms with Gasteiger partial charge in [-0.05, 0) is 73.9 Å². The topological polar surface area (TPSA) is 75.7 Å². The van der Waals surface area contributed by atoms with Crippen LogP contribution in [-0.4, -0.2) is 27.2 Å². The van der Waals surface area contributed by atoms with Crippen LogP contribution in [0.5, 0.6) is 5.75 Å². The van der Waals surface area contributed by atoms with Crippen molar-refractivity contribution < 1.29 is 17.9 Å². The van der Waals surface area contributed by atoms with Gasteiger partial charge in [0.1, 0.15) is 5.75 Å². The minimum Gasteiger partial charge on any atom is -0.493 e. The molecule has 0 fully saturated rings. The van der Waals surface area contributed by atoms with E-state index < -0.39 is 10.0 Å². The van der Waals surface area contributed by atoms with Crippen LogP contribution < -0.4 is 14.4 Å². The van der Waals surface area contributed by atoms with Gasteiger partial charge in [0, 0.05) is 5.69 Å². The van der Waals surface area contributed by atoms with Crippen molar-refractivity contribution in [3.8, 4) is 5.75 Å². The Morgan fingerprint density at radius 2 is 1.72 bits per heavy atom. The van der Waals surface area contributed by atoms with E-state index >= 15 is 0 Å². The molecule has 0 saturated carbocycles. The Morgan fingerprint density at radius 3 is 2.41 bits per heavy atom. The highest BCUT2D eigenvalue weighted by Gasteiger charge is 2.19. The van der Waals surface area contributed by atoms with E-state index in [2.05, 4.69) is 5.32 Å². The Hall–Kier alpha value is -3.32. The van der Waals surface area contributed by atoms with Crippen molar-refractivity contribution in [2.24, 2.45) is 0 Å². The first-order valence-electron chi connectivity index (χ1n) is 10.4. The summed E-state index contributed by atoms with van der Waals surface area (Å²) < 4.78 is 32.0. The van der Waals surface area contributed by atoms with E-state index in [-0.39, 0.29) is 12.5 Å². The molecule has 0 aliphatic rings. The van der Waals surface area contributed by atoms with E-state index in [1.54, 1.807) is 42.5 Å². The van der Waals surface area contributed by atoms with Crippen molar-refractivity contribution in [2.45, 2.75) is 27.3 Å². The first-order valence-corrected chi connectivity index (χ1v) is 12.2. The highest BCUT2D eigenvalue weighted by molar-refractivity contribution is 7.92. The molecule has 3 aromatic rings. The van der Waals surface area contributed by atoms with Gasteiger partial charge in [-0.15, -0.1) is 0 Å². The van der Waals surface area contributed by atoms with Crippen molar-refractivity contribution in [1.29, 1.82) is 0 Å². The smallest absolute Gasteiger partial charge is 0.259 e. The number of aryl methyl sites for hydroxylation is 2. The van der Waals surface area contributed by atoms with E-state index in [4.69, 9.17) is 4.74 Å². The lowest BCUT2D eigenvalue weighted by atomic mass is 10.1. The summed E-state index contributed by atoms with van der Waals surface area (Å²) in [6, 6.07) is 19.8. The normalized spacial score (nSPS) is 11.1. The van der Waals surface area contributed by atoms with Crippen LogP contribution in [0, 0.1) is 13.8 Å². The second-order valence-corrected chi connectivity index (χ2v) is 9.53. The fourth-order valence-corrected chi connectivity index (χ4v) is 4.21. The van der Waals surface area contributed by atoms with Crippen molar-refractivity contribution in [3.05, 3.63) is 89.0 Å². The third-order valence-corrected chi connectivity index (χ3v) is 6.26. The quantitative estimate of drug-likeness (QED) is 0.526. The number of benzene rings is 3. The van der Waals surface area contributed by atoms with Crippen molar-refractivity contribution in [1.82, 2.24) is 0 Å². The van der Waals surface area contributed by atoms with Crippen molar-refractivity contribution in [2.75, 3.05) is 22.5 Å². The highest BCUT2D eigenvalue weighted by atomic mass is 32.2. The fraction of sp³-hybridized carbons (Fsp3) is 0.240. The Morgan fingerprint density at radius 1 is 0.969 bits per heavy atom. The summed E-state index contributed by atoms with van der Waals surface area (Å²) in [6.45, 7) is 6.41. The minimum absolute atomic E-state index is 0.153. The maximum atomic E-state index is 12.8. The van der Waals surface area contributed by atoms with Gasteiger partial charge in [-0.2, -0.15) is 0 Å². The Kier molecular flexibility index (Phi) is 7.20. The van der Waals surface area contributed by atoms with Crippen LogP contribution in [0.2, 0.25) is 0 Å². The third kappa shape index (κ3) is 5.68. The number of ether oxygens (including phenoxy) is 1. The summed E-state index contributed by atoms with van der Waals surface area (Å²) in [6.07, 6.45) is 1.19. The SMILES string of the molecule is CCOc1ccccc1C(=O)Nc1cccc(CN(c2ccc(C)c(C)c2)S(C)(=O)=O)c1. The average Bonchev–Trinajstić information content (AvgIpc) is 2.74. The average molecular weight is 453 g/mol. The van der Waals surface area contributed by atoms with Gasteiger partial charge in [0.25, 0.3) is 5.91 Å². The van der Waals surface area contributed by atoms with E-state index in [1.807, 2.05) is 45.0 Å². The molecule has 0 bridgehead atoms. The summed E-state index contributed by atoms with van der Waals surface area (Å²) in [4.78, 5) is 12.8. The number of rotatable bonds is 8. The Bertz CT molecular complexity index is 1220. The largest absolute Gasteiger partial charge is 0.493 e. The van der Waals surface area contributed by atoms with Crippen LogP contribution in [0.1, 0.15) is 34.0 Å². The summed E-state index contributed by atoms with van der Waals surface area (Å²) in [5.74, 6) is 0.224. The number of anilines is 2. The molecule has 0 radical (unpaired) electrons. The van der Waals surface area contributed by atoms with E-state index in [0.717, 1.165) is 16.7 Å². The second kappa shape index (κ2) is 9.87. The molecule has 1 amide bonds. The van der Waals surface area contributed by atoms with Gasteiger partial charge in [-0.25, -0.2) is 8.42 Å². The molecular weight excluding hydrogens is 424 g/mol. The molecule has 7 heteroatoms. The van der Waals surface area contributed by atoms with Gasteiger partial charge in [-0.3, -0.25) is 9.10 Å². The number of para-hydroxylation sites is 1. The molecule has 6 nitrogen and oxygen atoms in total. The first-order chi connectivity index (χ1) is 15.2. The number of sulfonamides is 1. The lowest BCUT2D eigenvalue weighted by molar-refractivity contribution is 0.102. The Labute approximate surface area is 189 Å². The van der Waals surface area contributed by atoms with E-state index in [1.165, 1.54) is 10.6 Å². The maximum Gasteiger partial charge on any atom is 0.259 e. The molecule has 0 aromatic heterocycles. The lowest BCUT2D eigenvalue weighted by Gasteiger charge is -2.23. The molecule has 0 aliphatic heterocycles. The zero-order valence-corrected chi connectivity index (χ0v) is 19.6. The first kappa shape index (κ1) is 23.3. The summed E-state index contributed by atoms with van der Waals surface area (Å²) in [7, 11) is -3.51. The van der Waals surface area contributed by atoms with Gasteiger partial charge < -0.3 is 10.1 Å². The molecule has 0 heterocycles. The van der Waals surface area contributed by atoms with Gasteiger partial charge in [0.15, 0.2) is 0 Å². The predicted octanol–water partition coefficient (Wildman–Crippen LogP) is 4.92. The molecule has 1 N–H and O–H groups in total. The zero-order valence-electron chi connectivity index (χ0n) is 18.8. The molecule has 0 spiro atoms. The number of nitrogens with one attached hydrogen (secondary N) is 1. The second-order valence-electron chi connectivity index (χ2n) is 7.62. The van der Waals surface area contributed by atoms with Crippen LogP contribution in [0.25, 0.3) is 0 Å². The molecule has 3 aromatic carbocycles. The molecule has 32 heavy (non-hydrogen) atoms. The molecule has 168 valence electrons. The minimum atomic E-state index is -3.51. The number of nitrogens with zero attached hydrogens (tertiary/aromatic N) is 1. The van der Waals surface area contributed by atoms with Gasteiger partial charge >= 0.3 is 0 Å². The Balaban J connectivity index is 1.84. The van der Waals surface area contributed by atoms with Crippen LogP contribution in [-0.2, 0) is 16.6 Å². The number of amides is 1. The maximum absolute atomic E-state index is 12.8. The number of hydrogen-bond acceptors (Lipinski definition) is 4. The monoisotopic (exact) mass is 452 g/mol. The lowest BCUT2D eigenvalue weighted by Crippen LogP contribution is -2.29. The summed E-state index contributed by atoms with van der Waals surface area (Å²) >= 11 is 0. The molecule has 0 saturated heterocycles. The van der Waals surface area contributed by atoms with Gasteiger partial charge in [0.05, 0.1) is 30.7 Å². The van der Waals surface area contributed by atoms with Crippen LogP contribution in [0.3, 0.4) is 0 Å². The van der Waals surface area contributed by atoms with Crippen LogP contribution >= 0.6 is 0 Å². The molecule has 0 aliphatic carbocycles. The highest BCUT2D eigenvalue weighted by Crippen LogP contribution is 2.25. The fourth-order valence-electron chi connectivity index (χ4n) is 3.33.